The van der Waals surface area contributed by atoms with Gasteiger partial charge < -0.3 is 9.47 Å². The van der Waals surface area contributed by atoms with E-state index in [0.29, 0.717) is 36.2 Å². The van der Waals surface area contributed by atoms with Crippen LogP contribution in [0.3, 0.4) is 0 Å². The van der Waals surface area contributed by atoms with Gasteiger partial charge in [-0.1, -0.05) is 19.3 Å². The Kier molecular flexibility index (Phi) is 4.67. The van der Waals surface area contributed by atoms with Gasteiger partial charge in [-0.15, -0.1) is 0 Å². The number of carbonyl (C=O) groups excluding carboxylic acids is 1. The Morgan fingerprint density at radius 1 is 1.12 bits per heavy atom. The Balaban J connectivity index is 1.64. The number of hydrogen-bond donors (Lipinski definition) is 0. The van der Waals surface area contributed by atoms with Gasteiger partial charge in [-0.05, 0) is 44.2 Å². The van der Waals surface area contributed by atoms with Crippen molar-refractivity contribution in [3.05, 3.63) is 29.1 Å². The molecule has 1 aromatic carbocycles. The van der Waals surface area contributed by atoms with Crippen LogP contribution in [-0.4, -0.2) is 42.7 Å². The third-order valence-electron chi connectivity index (χ3n) is 6.14. The molecule has 0 N–H and O–H groups in total. The smallest absolute Gasteiger partial charge is 0.338 e. The van der Waals surface area contributed by atoms with Crippen molar-refractivity contribution in [2.24, 2.45) is 0 Å². The number of carbonyl (C=O) groups is 1. The summed E-state index contributed by atoms with van der Waals surface area (Å²) in [4.78, 5) is 14.8. The number of hydrogen-bond acceptors (Lipinski definition) is 4. The van der Waals surface area contributed by atoms with Gasteiger partial charge in [0.25, 0.3) is 0 Å². The fraction of sp³-hybridized carbons (Fsp3) is 0.650. The monoisotopic (exact) mass is 347 g/mol. The van der Waals surface area contributed by atoms with Crippen molar-refractivity contribution >= 4 is 5.97 Å². The zero-order valence-corrected chi connectivity index (χ0v) is 14.8. The molecular weight excluding hydrogens is 321 g/mol. The van der Waals surface area contributed by atoms with Crippen molar-refractivity contribution in [3.8, 4) is 5.75 Å². The predicted molar refractivity (Wildman–Crippen MR) is 92.5 cm³/mol. The van der Waals surface area contributed by atoms with Crippen LogP contribution in [0.2, 0.25) is 0 Å². The van der Waals surface area contributed by atoms with Gasteiger partial charge in [0, 0.05) is 23.7 Å². The first-order valence-electron chi connectivity index (χ1n) is 9.49. The summed E-state index contributed by atoms with van der Waals surface area (Å²) < 4.78 is 24.9. The molecule has 0 unspecified atom stereocenters. The van der Waals surface area contributed by atoms with Gasteiger partial charge >= 0.3 is 5.97 Å². The minimum atomic E-state index is -0.420. The van der Waals surface area contributed by atoms with Crippen molar-refractivity contribution in [2.75, 3.05) is 13.7 Å². The largest absolute Gasteiger partial charge is 0.489 e. The van der Waals surface area contributed by atoms with Gasteiger partial charge in [0.2, 0.25) is 0 Å². The first-order chi connectivity index (χ1) is 12.2. The zero-order chi connectivity index (χ0) is 17.4. The van der Waals surface area contributed by atoms with E-state index in [9.17, 15) is 9.18 Å². The second kappa shape index (κ2) is 6.94. The van der Waals surface area contributed by atoms with Crippen LogP contribution < -0.4 is 4.74 Å². The highest BCUT2D eigenvalue weighted by Gasteiger charge is 2.40. The SMILES string of the molecule is COC(=O)c1ccc(F)c2c1C[C@@H](N(C1CCCC1)C1CCC1)CO2. The summed E-state index contributed by atoms with van der Waals surface area (Å²) in [5, 5.41) is 0. The van der Waals surface area contributed by atoms with E-state index in [-0.39, 0.29) is 11.8 Å². The highest BCUT2D eigenvalue weighted by Crippen LogP contribution is 2.39. The van der Waals surface area contributed by atoms with Crippen LogP contribution in [0.25, 0.3) is 0 Å². The molecule has 25 heavy (non-hydrogen) atoms. The lowest BCUT2D eigenvalue weighted by molar-refractivity contribution is 0.00887. The van der Waals surface area contributed by atoms with Crippen LogP contribution in [-0.2, 0) is 11.2 Å². The molecule has 1 atom stereocenters. The molecule has 1 heterocycles. The molecule has 2 fully saturated rings. The third kappa shape index (κ3) is 3.03. The molecule has 4 nitrogen and oxygen atoms in total. The number of esters is 1. The van der Waals surface area contributed by atoms with E-state index < -0.39 is 11.8 Å². The second-order valence-electron chi connectivity index (χ2n) is 7.53. The Labute approximate surface area is 148 Å². The fourth-order valence-electron chi connectivity index (χ4n) is 4.71. The molecule has 0 spiro atoms. The molecule has 2 aliphatic carbocycles. The Hall–Kier alpha value is -1.62. The number of benzene rings is 1. The molecule has 2 saturated carbocycles. The lowest BCUT2D eigenvalue weighted by Gasteiger charge is -2.47. The molecule has 1 aliphatic heterocycles. The summed E-state index contributed by atoms with van der Waals surface area (Å²) in [7, 11) is 1.36. The van der Waals surface area contributed by atoms with Crippen molar-refractivity contribution in [2.45, 2.75) is 69.5 Å². The normalized spacial score (nSPS) is 23.9. The van der Waals surface area contributed by atoms with Crippen LogP contribution in [0.1, 0.15) is 60.9 Å². The zero-order valence-electron chi connectivity index (χ0n) is 14.8. The maximum atomic E-state index is 14.2. The van der Waals surface area contributed by atoms with Gasteiger partial charge in [-0.2, -0.15) is 0 Å². The van der Waals surface area contributed by atoms with E-state index in [1.54, 1.807) is 0 Å². The topological polar surface area (TPSA) is 38.8 Å². The summed E-state index contributed by atoms with van der Waals surface area (Å²) in [6.45, 7) is 0.502. The Bertz CT molecular complexity index is 653. The number of ether oxygens (including phenoxy) is 2. The van der Waals surface area contributed by atoms with Gasteiger partial charge in [-0.25, -0.2) is 9.18 Å². The van der Waals surface area contributed by atoms with E-state index in [4.69, 9.17) is 9.47 Å². The fourth-order valence-corrected chi connectivity index (χ4v) is 4.71. The summed E-state index contributed by atoms with van der Waals surface area (Å²) in [5.74, 6) is -0.576. The standard InChI is InChI=1S/C20H26FNO3/c1-24-20(23)16-9-10-18(21)19-17(16)11-15(12-25-19)22(14-7-4-8-14)13-5-2-3-6-13/h9-10,13-15H,2-8,11-12H2,1H3/t15-/m1/s1. The molecule has 4 rings (SSSR count). The minimum Gasteiger partial charge on any atom is -0.489 e. The Morgan fingerprint density at radius 2 is 1.80 bits per heavy atom. The maximum absolute atomic E-state index is 14.2. The van der Waals surface area contributed by atoms with Crippen LogP contribution >= 0.6 is 0 Å². The average molecular weight is 347 g/mol. The summed E-state index contributed by atoms with van der Waals surface area (Å²) in [5.41, 5.74) is 1.11. The van der Waals surface area contributed by atoms with Crippen LogP contribution in [0, 0.1) is 5.82 Å². The number of methoxy groups -OCH3 is 1. The molecule has 136 valence electrons. The van der Waals surface area contributed by atoms with Crippen molar-refractivity contribution < 1.29 is 18.7 Å². The van der Waals surface area contributed by atoms with Crippen molar-refractivity contribution in [1.82, 2.24) is 4.90 Å². The lowest BCUT2D eigenvalue weighted by atomic mass is 9.86. The molecule has 1 aromatic rings. The molecule has 5 heteroatoms. The van der Waals surface area contributed by atoms with E-state index in [2.05, 4.69) is 4.90 Å². The van der Waals surface area contributed by atoms with Gasteiger partial charge in [0.15, 0.2) is 11.6 Å². The Morgan fingerprint density at radius 3 is 2.40 bits per heavy atom. The van der Waals surface area contributed by atoms with E-state index in [1.807, 2.05) is 0 Å². The summed E-state index contributed by atoms with van der Waals surface area (Å²) in [6, 6.07) is 4.26. The summed E-state index contributed by atoms with van der Waals surface area (Å²) in [6.07, 6.45) is 9.50. The van der Waals surface area contributed by atoms with Crippen LogP contribution in [0.15, 0.2) is 12.1 Å². The molecule has 0 saturated heterocycles. The van der Waals surface area contributed by atoms with E-state index >= 15 is 0 Å². The average Bonchev–Trinajstić information content (AvgIpc) is 3.11. The molecular formula is C20H26FNO3. The van der Waals surface area contributed by atoms with Gasteiger partial charge in [0.1, 0.15) is 6.61 Å². The summed E-state index contributed by atoms with van der Waals surface area (Å²) >= 11 is 0. The number of rotatable bonds is 4. The molecule has 0 aromatic heterocycles. The molecule has 0 amide bonds. The highest BCUT2D eigenvalue weighted by molar-refractivity contribution is 5.92. The highest BCUT2D eigenvalue weighted by atomic mass is 19.1. The molecule has 0 bridgehead atoms. The van der Waals surface area contributed by atoms with Crippen molar-refractivity contribution in [1.29, 1.82) is 0 Å². The second-order valence-corrected chi connectivity index (χ2v) is 7.53. The minimum absolute atomic E-state index is 0.214. The third-order valence-corrected chi connectivity index (χ3v) is 6.14. The molecule has 3 aliphatic rings. The van der Waals surface area contributed by atoms with Gasteiger partial charge in [-0.3, -0.25) is 4.90 Å². The maximum Gasteiger partial charge on any atom is 0.338 e. The number of fused-ring (bicyclic) bond motifs is 1. The first kappa shape index (κ1) is 16.8. The van der Waals surface area contributed by atoms with Crippen molar-refractivity contribution in [3.63, 3.8) is 0 Å². The number of halogens is 1. The van der Waals surface area contributed by atoms with Crippen LogP contribution in [0.5, 0.6) is 5.75 Å². The van der Waals surface area contributed by atoms with Crippen LogP contribution in [0.4, 0.5) is 4.39 Å². The van der Waals surface area contributed by atoms with E-state index in [0.717, 1.165) is 0 Å². The molecule has 0 radical (unpaired) electrons. The van der Waals surface area contributed by atoms with E-state index in [1.165, 1.54) is 64.2 Å². The first-order valence-corrected chi connectivity index (χ1v) is 9.49. The van der Waals surface area contributed by atoms with Gasteiger partial charge in [0.05, 0.1) is 12.7 Å². The quantitative estimate of drug-likeness (QED) is 0.778. The lowest BCUT2D eigenvalue weighted by Crippen LogP contribution is -2.55. The predicted octanol–water partition coefficient (Wildman–Crippen LogP) is 3.71. The number of nitrogens with zero attached hydrogens (tertiary/aromatic N) is 1.